The van der Waals surface area contributed by atoms with Gasteiger partial charge >= 0.3 is 11.8 Å². The van der Waals surface area contributed by atoms with E-state index in [1.54, 1.807) is 25.1 Å². The molecule has 0 radical (unpaired) electrons. The molecule has 1 aliphatic heterocycles. The van der Waals surface area contributed by atoms with Crippen LogP contribution in [-0.4, -0.2) is 71.7 Å². The highest BCUT2D eigenvalue weighted by molar-refractivity contribution is 6.35. The van der Waals surface area contributed by atoms with Crippen LogP contribution in [0.1, 0.15) is 6.92 Å². The van der Waals surface area contributed by atoms with Crippen LogP contribution in [0.25, 0.3) is 0 Å². The lowest BCUT2D eigenvalue weighted by Gasteiger charge is -2.32. The zero-order valence-corrected chi connectivity index (χ0v) is 14.4. The van der Waals surface area contributed by atoms with Crippen molar-refractivity contribution in [3.8, 4) is 0 Å². The van der Waals surface area contributed by atoms with Gasteiger partial charge in [-0.25, -0.2) is 0 Å². The highest BCUT2D eigenvalue weighted by atomic mass is 16.6. The Hall–Kier alpha value is -3.17. The number of amides is 3. The number of nitrogens with zero attached hydrogens (tertiary/aromatic N) is 3. The maximum Gasteiger partial charge on any atom is 0.312 e. The summed E-state index contributed by atoms with van der Waals surface area (Å²) in [5.41, 5.74) is 0.319. The highest BCUT2D eigenvalue weighted by Gasteiger charge is 2.32. The van der Waals surface area contributed by atoms with E-state index in [0.29, 0.717) is 25.3 Å². The van der Waals surface area contributed by atoms with Gasteiger partial charge in [0, 0.05) is 38.8 Å². The van der Waals surface area contributed by atoms with Crippen molar-refractivity contribution in [3.05, 3.63) is 34.4 Å². The Morgan fingerprint density at radius 2 is 1.81 bits per heavy atom. The summed E-state index contributed by atoms with van der Waals surface area (Å²) in [6.07, 6.45) is 0. The van der Waals surface area contributed by atoms with E-state index < -0.39 is 16.7 Å². The molecular formula is C16H21N5O5. The Bertz CT molecular complexity index is 708. The molecule has 0 bridgehead atoms. The fraction of sp³-hybridized carbons (Fsp3) is 0.438. The molecule has 0 atom stereocenters. The second-order valence-electron chi connectivity index (χ2n) is 5.66. The summed E-state index contributed by atoms with van der Waals surface area (Å²) in [6, 6.07) is 6.21. The number of anilines is 1. The van der Waals surface area contributed by atoms with Crippen LogP contribution in [0.3, 0.4) is 0 Å². The number of likely N-dealkylation sites (N-methyl/N-ethyl adjacent to an activating group) is 1. The van der Waals surface area contributed by atoms with Crippen molar-refractivity contribution >= 4 is 29.1 Å². The maximum absolute atomic E-state index is 11.9. The minimum atomic E-state index is -0.675. The van der Waals surface area contributed by atoms with Crippen LogP contribution in [0.15, 0.2) is 24.3 Å². The lowest BCUT2D eigenvalue weighted by Crippen LogP contribution is -2.56. The summed E-state index contributed by atoms with van der Waals surface area (Å²) in [5.74, 6) is -1.66. The number of rotatable bonds is 8. The number of hydrogen-bond donors (Lipinski definition) is 2. The zero-order chi connectivity index (χ0) is 19.1. The summed E-state index contributed by atoms with van der Waals surface area (Å²) in [7, 11) is 0. The quantitative estimate of drug-likeness (QED) is 0.286. The van der Waals surface area contributed by atoms with Gasteiger partial charge in [-0.3, -0.25) is 24.5 Å². The molecule has 0 saturated carbocycles. The average Bonchev–Trinajstić information content (AvgIpc) is 2.63. The monoisotopic (exact) mass is 363 g/mol. The number of nitro benzene ring substituents is 1. The molecule has 140 valence electrons. The van der Waals surface area contributed by atoms with Gasteiger partial charge in [-0.1, -0.05) is 12.1 Å². The molecule has 0 spiro atoms. The predicted molar refractivity (Wildman–Crippen MR) is 93.4 cm³/mol. The third kappa shape index (κ3) is 4.68. The van der Waals surface area contributed by atoms with E-state index in [4.69, 9.17) is 0 Å². The summed E-state index contributed by atoms with van der Waals surface area (Å²) in [4.78, 5) is 48.7. The number of benzene rings is 1. The number of piperazine rings is 1. The number of nitro groups is 1. The van der Waals surface area contributed by atoms with Gasteiger partial charge in [0.25, 0.3) is 5.69 Å². The predicted octanol–water partition coefficient (Wildman–Crippen LogP) is -0.186. The molecule has 2 rings (SSSR count). The first-order chi connectivity index (χ1) is 12.4. The highest BCUT2D eigenvalue weighted by Crippen LogP contribution is 2.22. The topological polar surface area (TPSA) is 125 Å². The molecule has 0 unspecified atom stereocenters. The van der Waals surface area contributed by atoms with Crippen LogP contribution in [0.4, 0.5) is 11.4 Å². The Labute approximate surface area is 150 Å². The van der Waals surface area contributed by atoms with E-state index >= 15 is 0 Å². The molecule has 0 aromatic heterocycles. The summed E-state index contributed by atoms with van der Waals surface area (Å²) < 4.78 is 0. The van der Waals surface area contributed by atoms with E-state index in [1.165, 1.54) is 15.9 Å². The summed E-state index contributed by atoms with van der Waals surface area (Å²) in [5, 5.41) is 16.4. The van der Waals surface area contributed by atoms with Crippen molar-refractivity contribution in [3.63, 3.8) is 0 Å². The van der Waals surface area contributed by atoms with Crippen molar-refractivity contribution in [1.82, 2.24) is 15.1 Å². The van der Waals surface area contributed by atoms with E-state index in [-0.39, 0.29) is 31.2 Å². The molecule has 10 heteroatoms. The van der Waals surface area contributed by atoms with Gasteiger partial charge in [-0.05, 0) is 13.0 Å². The van der Waals surface area contributed by atoms with Crippen molar-refractivity contribution in [2.45, 2.75) is 6.92 Å². The Kier molecular flexibility index (Phi) is 6.48. The summed E-state index contributed by atoms with van der Waals surface area (Å²) >= 11 is 0. The zero-order valence-electron chi connectivity index (χ0n) is 14.4. The number of carbonyl (C=O) groups excluding carboxylic acids is 3. The molecule has 26 heavy (non-hydrogen) atoms. The van der Waals surface area contributed by atoms with Crippen LogP contribution < -0.4 is 10.6 Å². The van der Waals surface area contributed by atoms with Gasteiger partial charge in [0.2, 0.25) is 5.91 Å². The van der Waals surface area contributed by atoms with Crippen LogP contribution in [0.2, 0.25) is 0 Å². The Morgan fingerprint density at radius 1 is 1.15 bits per heavy atom. The van der Waals surface area contributed by atoms with Gasteiger partial charge in [0.15, 0.2) is 0 Å². The first kappa shape index (κ1) is 19.2. The van der Waals surface area contributed by atoms with E-state index in [1.807, 2.05) is 0 Å². The van der Waals surface area contributed by atoms with Crippen LogP contribution >= 0.6 is 0 Å². The molecule has 2 N–H and O–H groups in total. The third-order valence-corrected chi connectivity index (χ3v) is 3.98. The lowest BCUT2D eigenvalue weighted by molar-refractivity contribution is -0.384. The molecule has 0 aliphatic carbocycles. The number of nitrogens with one attached hydrogen (secondary N) is 2. The maximum atomic E-state index is 11.9. The second-order valence-corrected chi connectivity index (χ2v) is 5.66. The number of para-hydroxylation sites is 2. The van der Waals surface area contributed by atoms with Crippen molar-refractivity contribution < 1.29 is 19.3 Å². The largest absolute Gasteiger partial charge is 0.378 e. The van der Waals surface area contributed by atoms with Crippen LogP contribution in [0.5, 0.6) is 0 Å². The molecule has 1 aromatic carbocycles. The normalized spacial score (nSPS) is 14.3. The first-order valence-electron chi connectivity index (χ1n) is 8.26. The van der Waals surface area contributed by atoms with Crippen molar-refractivity contribution in [2.75, 3.05) is 44.6 Å². The minimum absolute atomic E-state index is 0.0447. The first-order valence-corrected chi connectivity index (χ1v) is 8.26. The lowest BCUT2D eigenvalue weighted by atomic mass is 10.2. The molecular weight excluding hydrogens is 342 g/mol. The molecule has 10 nitrogen and oxygen atoms in total. The van der Waals surface area contributed by atoms with Gasteiger partial charge in [-0.15, -0.1) is 0 Å². The van der Waals surface area contributed by atoms with Crippen LogP contribution in [-0.2, 0) is 14.4 Å². The molecule has 1 aliphatic rings. The standard InChI is InChI=1S/C16H21N5O5/c1-2-19-9-10-20(16(24)15(19)23)11-14(22)18-8-7-17-12-5-3-4-6-13(12)21(25)26/h3-6,17H,2,7-11H2,1H3,(H,18,22). The fourth-order valence-electron chi connectivity index (χ4n) is 2.58. The van der Waals surface area contributed by atoms with Gasteiger partial charge < -0.3 is 20.4 Å². The van der Waals surface area contributed by atoms with E-state index in [2.05, 4.69) is 10.6 Å². The van der Waals surface area contributed by atoms with Gasteiger partial charge in [0.1, 0.15) is 12.2 Å². The fourth-order valence-corrected chi connectivity index (χ4v) is 2.58. The summed E-state index contributed by atoms with van der Waals surface area (Å²) in [6.45, 7) is 3.30. The average molecular weight is 363 g/mol. The second kappa shape index (κ2) is 8.79. The van der Waals surface area contributed by atoms with E-state index in [9.17, 15) is 24.5 Å². The Morgan fingerprint density at radius 3 is 2.50 bits per heavy atom. The number of carbonyl (C=O) groups is 3. The minimum Gasteiger partial charge on any atom is -0.378 e. The molecule has 3 amide bonds. The third-order valence-electron chi connectivity index (χ3n) is 3.98. The smallest absolute Gasteiger partial charge is 0.312 e. The van der Waals surface area contributed by atoms with Gasteiger partial charge in [-0.2, -0.15) is 0 Å². The molecule has 1 fully saturated rings. The molecule has 1 saturated heterocycles. The van der Waals surface area contributed by atoms with Crippen molar-refractivity contribution in [1.29, 1.82) is 0 Å². The van der Waals surface area contributed by atoms with Gasteiger partial charge in [0.05, 0.1) is 4.92 Å². The van der Waals surface area contributed by atoms with Crippen LogP contribution in [0, 0.1) is 10.1 Å². The molecule has 1 aromatic rings. The van der Waals surface area contributed by atoms with E-state index in [0.717, 1.165) is 0 Å². The van der Waals surface area contributed by atoms with Crippen molar-refractivity contribution in [2.24, 2.45) is 0 Å². The number of hydrogen-bond acceptors (Lipinski definition) is 6. The SMILES string of the molecule is CCN1CCN(CC(=O)NCCNc2ccccc2[N+](=O)[O-])C(=O)C1=O. The Balaban J connectivity index is 1.75. The molecule has 1 heterocycles.